The van der Waals surface area contributed by atoms with Gasteiger partial charge in [-0.1, -0.05) is 6.92 Å². The first-order valence-corrected chi connectivity index (χ1v) is 5.05. The van der Waals surface area contributed by atoms with Crippen molar-refractivity contribution in [3.63, 3.8) is 0 Å². The zero-order valence-corrected chi connectivity index (χ0v) is 8.71. The summed E-state index contributed by atoms with van der Waals surface area (Å²) < 4.78 is 3.48. The minimum absolute atomic E-state index is 0.804. The molecular formula is C8H11IN2. The number of hydrogen-bond acceptors (Lipinski definition) is 1. The van der Waals surface area contributed by atoms with Crippen LogP contribution in [0.5, 0.6) is 0 Å². The Balaban J connectivity index is 2.36. The van der Waals surface area contributed by atoms with Crippen LogP contribution in [-0.2, 0) is 13.0 Å². The summed E-state index contributed by atoms with van der Waals surface area (Å²) in [4.78, 5) is 0. The summed E-state index contributed by atoms with van der Waals surface area (Å²) in [7, 11) is 0. The maximum absolute atomic E-state index is 4.32. The van der Waals surface area contributed by atoms with Gasteiger partial charge in [0.15, 0.2) is 0 Å². The van der Waals surface area contributed by atoms with Crippen LogP contribution in [0.2, 0.25) is 0 Å². The number of rotatable bonds is 0. The summed E-state index contributed by atoms with van der Waals surface area (Å²) in [6, 6.07) is 0. The summed E-state index contributed by atoms with van der Waals surface area (Å²) in [6.45, 7) is 3.40. The third-order valence-corrected chi connectivity index (χ3v) is 3.16. The van der Waals surface area contributed by atoms with E-state index in [1.165, 1.54) is 22.1 Å². The smallest absolute Gasteiger partial charge is 0.0626 e. The van der Waals surface area contributed by atoms with Crippen molar-refractivity contribution in [2.45, 2.75) is 26.3 Å². The van der Waals surface area contributed by atoms with Crippen molar-refractivity contribution in [1.29, 1.82) is 0 Å². The lowest BCUT2D eigenvalue weighted by molar-refractivity contribution is 0.371. The van der Waals surface area contributed by atoms with Crippen molar-refractivity contribution in [1.82, 2.24) is 9.78 Å². The molecule has 2 heterocycles. The highest BCUT2D eigenvalue weighted by molar-refractivity contribution is 14.1. The molecule has 60 valence electrons. The van der Waals surface area contributed by atoms with E-state index in [0.717, 1.165) is 12.5 Å². The Morgan fingerprint density at radius 3 is 3.36 bits per heavy atom. The Kier molecular flexibility index (Phi) is 1.91. The molecule has 0 bridgehead atoms. The van der Waals surface area contributed by atoms with Crippen LogP contribution in [0.3, 0.4) is 0 Å². The summed E-state index contributed by atoms with van der Waals surface area (Å²) in [5.74, 6) is 0.804. The molecule has 1 unspecified atom stereocenters. The predicted octanol–water partition coefficient (Wildman–Crippen LogP) is 2.07. The van der Waals surface area contributed by atoms with Crippen LogP contribution in [0.15, 0.2) is 6.20 Å². The molecule has 1 aromatic heterocycles. The summed E-state index contributed by atoms with van der Waals surface area (Å²) in [5, 5.41) is 4.32. The van der Waals surface area contributed by atoms with Crippen LogP contribution >= 0.6 is 22.6 Å². The molecule has 0 saturated carbocycles. The molecule has 0 aromatic carbocycles. The molecule has 0 N–H and O–H groups in total. The molecule has 11 heavy (non-hydrogen) atoms. The van der Waals surface area contributed by atoms with Crippen molar-refractivity contribution in [3.8, 4) is 0 Å². The van der Waals surface area contributed by atoms with E-state index in [-0.39, 0.29) is 0 Å². The van der Waals surface area contributed by atoms with Gasteiger partial charge in [0, 0.05) is 6.54 Å². The monoisotopic (exact) mass is 262 g/mol. The van der Waals surface area contributed by atoms with Gasteiger partial charge in [-0.2, -0.15) is 5.10 Å². The first-order valence-electron chi connectivity index (χ1n) is 3.97. The van der Waals surface area contributed by atoms with Gasteiger partial charge in [0.25, 0.3) is 0 Å². The van der Waals surface area contributed by atoms with Crippen LogP contribution in [0.1, 0.15) is 19.0 Å². The van der Waals surface area contributed by atoms with E-state index >= 15 is 0 Å². The molecule has 0 radical (unpaired) electrons. The summed E-state index contributed by atoms with van der Waals surface area (Å²) in [6.07, 6.45) is 4.50. The second-order valence-corrected chi connectivity index (χ2v) is 4.43. The molecule has 2 nitrogen and oxygen atoms in total. The molecule has 0 spiro atoms. The summed E-state index contributed by atoms with van der Waals surface area (Å²) >= 11 is 2.36. The van der Waals surface area contributed by atoms with Gasteiger partial charge in [-0.25, -0.2) is 0 Å². The van der Waals surface area contributed by atoms with Crippen molar-refractivity contribution < 1.29 is 0 Å². The van der Waals surface area contributed by atoms with Crippen LogP contribution < -0.4 is 0 Å². The van der Waals surface area contributed by atoms with Gasteiger partial charge in [0.2, 0.25) is 0 Å². The summed E-state index contributed by atoms with van der Waals surface area (Å²) in [5.41, 5.74) is 1.43. The Hall–Kier alpha value is -0.0600. The van der Waals surface area contributed by atoms with Crippen molar-refractivity contribution in [3.05, 3.63) is 15.5 Å². The Morgan fingerprint density at radius 1 is 1.73 bits per heavy atom. The highest BCUT2D eigenvalue weighted by Crippen LogP contribution is 2.22. The Morgan fingerprint density at radius 2 is 2.55 bits per heavy atom. The van der Waals surface area contributed by atoms with Crippen LogP contribution in [-0.4, -0.2) is 9.78 Å². The second kappa shape index (κ2) is 2.77. The van der Waals surface area contributed by atoms with Gasteiger partial charge in [-0.3, -0.25) is 4.68 Å². The van der Waals surface area contributed by atoms with Crippen LogP contribution in [0.4, 0.5) is 0 Å². The number of hydrogen-bond donors (Lipinski definition) is 0. The molecule has 0 amide bonds. The minimum atomic E-state index is 0.804. The van der Waals surface area contributed by atoms with E-state index in [9.17, 15) is 0 Å². The zero-order chi connectivity index (χ0) is 7.84. The highest BCUT2D eigenvalue weighted by atomic mass is 127. The van der Waals surface area contributed by atoms with Crippen molar-refractivity contribution in [2.75, 3.05) is 0 Å². The van der Waals surface area contributed by atoms with Gasteiger partial charge >= 0.3 is 0 Å². The average molecular weight is 262 g/mol. The predicted molar refractivity (Wildman–Crippen MR) is 52.4 cm³/mol. The molecule has 2 rings (SSSR count). The molecule has 0 saturated heterocycles. The maximum atomic E-state index is 4.32. The first-order chi connectivity index (χ1) is 5.27. The molecular weight excluding hydrogens is 251 g/mol. The fraction of sp³-hybridized carbons (Fsp3) is 0.625. The topological polar surface area (TPSA) is 17.8 Å². The SMILES string of the molecule is CC1CCc2c(I)cnn2C1. The van der Waals surface area contributed by atoms with Crippen molar-refractivity contribution in [2.24, 2.45) is 5.92 Å². The third-order valence-electron chi connectivity index (χ3n) is 2.26. The fourth-order valence-corrected chi connectivity index (χ4v) is 2.24. The normalized spacial score (nSPS) is 23.3. The maximum Gasteiger partial charge on any atom is 0.0626 e. The first kappa shape index (κ1) is 7.58. The number of fused-ring (bicyclic) bond motifs is 1. The van der Waals surface area contributed by atoms with E-state index < -0.39 is 0 Å². The molecule has 3 heteroatoms. The lowest BCUT2D eigenvalue weighted by atomic mass is 10.0. The van der Waals surface area contributed by atoms with E-state index in [2.05, 4.69) is 39.3 Å². The zero-order valence-electron chi connectivity index (χ0n) is 6.55. The van der Waals surface area contributed by atoms with Crippen LogP contribution in [0.25, 0.3) is 0 Å². The largest absolute Gasteiger partial charge is 0.268 e. The van der Waals surface area contributed by atoms with E-state index in [0.29, 0.717) is 0 Å². The number of halogens is 1. The minimum Gasteiger partial charge on any atom is -0.268 e. The lowest BCUT2D eigenvalue weighted by Gasteiger charge is -2.19. The molecule has 0 fully saturated rings. The molecule has 0 aliphatic carbocycles. The number of aromatic nitrogens is 2. The van der Waals surface area contributed by atoms with Gasteiger partial charge in [-0.15, -0.1) is 0 Å². The van der Waals surface area contributed by atoms with E-state index in [4.69, 9.17) is 0 Å². The quantitative estimate of drug-likeness (QED) is 0.654. The average Bonchev–Trinajstić information content (AvgIpc) is 2.32. The standard InChI is InChI=1S/C8H11IN2/c1-6-2-3-8-7(9)4-10-11(8)5-6/h4,6H,2-3,5H2,1H3. The fourth-order valence-electron chi connectivity index (χ4n) is 1.56. The van der Waals surface area contributed by atoms with Crippen molar-refractivity contribution >= 4 is 22.6 Å². The van der Waals surface area contributed by atoms with Gasteiger partial charge in [0.05, 0.1) is 15.5 Å². The lowest BCUT2D eigenvalue weighted by Crippen LogP contribution is -2.18. The van der Waals surface area contributed by atoms with Crippen LogP contribution in [0, 0.1) is 9.49 Å². The highest BCUT2D eigenvalue weighted by Gasteiger charge is 2.17. The van der Waals surface area contributed by atoms with E-state index in [1.54, 1.807) is 0 Å². The second-order valence-electron chi connectivity index (χ2n) is 3.27. The molecule has 1 aliphatic heterocycles. The van der Waals surface area contributed by atoms with Gasteiger partial charge < -0.3 is 0 Å². The number of nitrogens with zero attached hydrogens (tertiary/aromatic N) is 2. The van der Waals surface area contributed by atoms with Gasteiger partial charge in [0.1, 0.15) is 0 Å². The third kappa shape index (κ3) is 1.30. The Labute approximate surface area is 80.1 Å². The van der Waals surface area contributed by atoms with Gasteiger partial charge in [-0.05, 0) is 41.4 Å². The molecule has 1 atom stereocenters. The Bertz CT molecular complexity index is 267. The van der Waals surface area contributed by atoms with E-state index in [1.807, 2.05) is 6.20 Å². The molecule has 1 aromatic rings. The molecule has 1 aliphatic rings.